The van der Waals surface area contributed by atoms with Gasteiger partial charge < -0.3 is 4.74 Å². The molecule has 0 radical (unpaired) electrons. The number of esters is 1. The van der Waals surface area contributed by atoms with Gasteiger partial charge in [-0.25, -0.2) is 4.79 Å². The quantitative estimate of drug-likeness (QED) is 0.585. The van der Waals surface area contributed by atoms with Crippen molar-refractivity contribution in [2.45, 2.75) is 13.8 Å². The van der Waals surface area contributed by atoms with E-state index >= 15 is 0 Å². The van der Waals surface area contributed by atoms with Crippen LogP contribution in [0.4, 0.5) is 0 Å². The Hall–Kier alpha value is -0.730. The number of carbonyl (C=O) groups is 1. The van der Waals surface area contributed by atoms with Gasteiger partial charge in [-0.15, -0.1) is 0 Å². The van der Waals surface area contributed by atoms with E-state index in [-0.39, 0.29) is 5.03 Å². The molecule has 0 amide bonds. The van der Waals surface area contributed by atoms with Gasteiger partial charge in [0.1, 0.15) is 5.76 Å². The summed E-state index contributed by atoms with van der Waals surface area (Å²) in [4.78, 5) is 11.0. The molecule has 0 aliphatic carbocycles. The van der Waals surface area contributed by atoms with Crippen molar-refractivity contribution in [3.8, 4) is 0 Å². The van der Waals surface area contributed by atoms with Gasteiger partial charge in [0.2, 0.25) is 0 Å². The molecule has 0 aromatic carbocycles. The molecule has 1 aliphatic heterocycles. The van der Waals surface area contributed by atoms with Crippen molar-refractivity contribution in [3.63, 3.8) is 0 Å². The molecule has 0 fully saturated rings. The Bertz CT molecular complexity index is 338. The molecule has 2 nitrogen and oxygen atoms in total. The molecule has 0 aromatic heterocycles. The van der Waals surface area contributed by atoms with Crippen LogP contribution in [0.2, 0.25) is 0 Å². The molecule has 0 unspecified atom stereocenters. The van der Waals surface area contributed by atoms with Crippen LogP contribution in [-0.4, -0.2) is 5.97 Å². The molecule has 13 heavy (non-hydrogen) atoms. The molecule has 0 aromatic rings. The van der Waals surface area contributed by atoms with Gasteiger partial charge in [0.05, 0.1) is 10.1 Å². The summed E-state index contributed by atoms with van der Waals surface area (Å²) in [6.45, 7) is 3.33. The highest BCUT2D eigenvalue weighted by atomic mass is 35.5. The average Bonchev–Trinajstić information content (AvgIpc) is 2.00. The molecule has 0 N–H and O–H groups in total. The van der Waals surface area contributed by atoms with Crippen LogP contribution in [-0.2, 0) is 9.53 Å². The van der Waals surface area contributed by atoms with Crippen molar-refractivity contribution >= 4 is 29.2 Å². The molecule has 0 bridgehead atoms. The predicted molar refractivity (Wildman–Crippen MR) is 52.3 cm³/mol. The zero-order valence-corrected chi connectivity index (χ0v) is 8.74. The normalized spacial score (nSPS) is 26.6. The molecule has 0 spiro atoms. The van der Waals surface area contributed by atoms with E-state index in [2.05, 4.69) is 0 Å². The number of halogens is 2. The lowest BCUT2D eigenvalue weighted by molar-refractivity contribution is -0.133. The first-order chi connectivity index (χ1) is 6.00. The topological polar surface area (TPSA) is 26.3 Å². The smallest absolute Gasteiger partial charge is 0.336 e. The first kappa shape index (κ1) is 10.4. The number of hydrogen-bond donors (Lipinski definition) is 0. The van der Waals surface area contributed by atoms with Crippen LogP contribution in [0.1, 0.15) is 13.8 Å². The summed E-state index contributed by atoms with van der Waals surface area (Å²) in [5, 5.41) is 0.642. The van der Waals surface area contributed by atoms with E-state index in [1.54, 1.807) is 19.9 Å². The van der Waals surface area contributed by atoms with Crippen molar-refractivity contribution in [2.24, 2.45) is 0 Å². The highest BCUT2D eigenvalue weighted by Gasteiger charge is 2.11. The van der Waals surface area contributed by atoms with Crippen LogP contribution >= 0.6 is 23.2 Å². The van der Waals surface area contributed by atoms with Gasteiger partial charge in [-0.05, 0) is 25.5 Å². The summed E-state index contributed by atoms with van der Waals surface area (Å²) in [7, 11) is 0. The number of ether oxygens (including phenoxy) is 1. The van der Waals surface area contributed by atoms with Gasteiger partial charge in [-0.3, -0.25) is 0 Å². The fourth-order valence-corrected chi connectivity index (χ4v) is 1.28. The minimum atomic E-state index is -0.437. The highest BCUT2D eigenvalue weighted by Crippen LogP contribution is 2.26. The Balaban J connectivity index is 3.18. The van der Waals surface area contributed by atoms with Gasteiger partial charge in [-0.2, -0.15) is 0 Å². The number of hydrogen-bond acceptors (Lipinski definition) is 2. The van der Waals surface area contributed by atoms with Gasteiger partial charge >= 0.3 is 5.97 Å². The van der Waals surface area contributed by atoms with E-state index < -0.39 is 5.97 Å². The van der Waals surface area contributed by atoms with E-state index in [0.717, 1.165) is 0 Å². The first-order valence-corrected chi connectivity index (χ1v) is 4.40. The molecular formula is C9H8Cl2O2. The molecule has 0 saturated heterocycles. The second kappa shape index (κ2) is 3.99. The maximum atomic E-state index is 11.0. The van der Waals surface area contributed by atoms with Gasteiger partial charge in [0.25, 0.3) is 0 Å². The summed E-state index contributed by atoms with van der Waals surface area (Å²) < 4.78 is 4.85. The summed E-state index contributed by atoms with van der Waals surface area (Å²) in [6, 6.07) is 0. The standard InChI is InChI=1S/C9H8Cl2O2/c1-5-3-7(10)9(11)6(2)13-8(12)4-5/h3-4H,1-2H3/b5-4-,7-3+,9-6?. The van der Waals surface area contributed by atoms with Gasteiger partial charge in [-0.1, -0.05) is 23.2 Å². The second-order valence-corrected chi connectivity index (χ2v) is 3.46. The monoisotopic (exact) mass is 218 g/mol. The second-order valence-electron chi connectivity index (χ2n) is 2.67. The highest BCUT2D eigenvalue weighted by molar-refractivity contribution is 6.44. The zero-order chi connectivity index (χ0) is 10.0. The zero-order valence-electron chi connectivity index (χ0n) is 7.23. The molecule has 4 heteroatoms. The van der Waals surface area contributed by atoms with Crippen LogP contribution in [0.25, 0.3) is 0 Å². The fraction of sp³-hybridized carbons (Fsp3) is 0.222. The van der Waals surface area contributed by atoms with Gasteiger partial charge in [0.15, 0.2) is 0 Å². The summed E-state index contributed by atoms with van der Waals surface area (Å²) in [5.74, 6) is -0.120. The van der Waals surface area contributed by atoms with Crippen molar-refractivity contribution in [1.82, 2.24) is 0 Å². The molecule has 0 saturated carbocycles. The van der Waals surface area contributed by atoms with Crippen molar-refractivity contribution in [2.75, 3.05) is 0 Å². The van der Waals surface area contributed by atoms with Crippen LogP contribution in [0.3, 0.4) is 0 Å². The van der Waals surface area contributed by atoms with E-state index in [4.69, 9.17) is 27.9 Å². The Kier molecular flexibility index (Phi) is 3.17. The van der Waals surface area contributed by atoms with Crippen LogP contribution in [0.5, 0.6) is 0 Å². The molecule has 0 atom stereocenters. The van der Waals surface area contributed by atoms with Crippen LogP contribution < -0.4 is 0 Å². The summed E-state index contributed by atoms with van der Waals surface area (Å²) >= 11 is 11.6. The molecule has 1 rings (SSSR count). The van der Waals surface area contributed by atoms with E-state index in [0.29, 0.717) is 16.4 Å². The number of carbonyl (C=O) groups excluding carboxylic acids is 1. The maximum absolute atomic E-state index is 11.0. The molecule has 1 aliphatic rings. The molecule has 70 valence electrons. The molecular weight excluding hydrogens is 211 g/mol. The fourth-order valence-electron chi connectivity index (χ4n) is 0.884. The minimum Gasteiger partial charge on any atom is -0.427 e. The third-order valence-electron chi connectivity index (χ3n) is 1.47. The predicted octanol–water partition coefficient (Wildman–Crippen LogP) is 3.08. The SMILES string of the molecule is CC1=C(Cl)/C(Cl)=C\C(C)=C/C(=O)O1. The Morgan fingerprint density at radius 1 is 1.23 bits per heavy atom. The van der Waals surface area contributed by atoms with Crippen LogP contribution in [0, 0.1) is 0 Å². The third-order valence-corrected chi connectivity index (χ3v) is 2.34. The van der Waals surface area contributed by atoms with Crippen molar-refractivity contribution < 1.29 is 9.53 Å². The lowest BCUT2D eigenvalue weighted by Crippen LogP contribution is -2.02. The van der Waals surface area contributed by atoms with E-state index in [1.807, 2.05) is 0 Å². The number of rotatable bonds is 0. The van der Waals surface area contributed by atoms with Crippen molar-refractivity contribution in [3.05, 3.63) is 33.5 Å². The lowest BCUT2D eigenvalue weighted by atomic mass is 10.2. The average molecular weight is 219 g/mol. The Labute approximate surface area is 86.5 Å². The Morgan fingerprint density at radius 3 is 2.46 bits per heavy atom. The minimum absolute atomic E-state index is 0.266. The lowest BCUT2D eigenvalue weighted by Gasteiger charge is -2.08. The third kappa shape index (κ3) is 2.61. The van der Waals surface area contributed by atoms with E-state index in [9.17, 15) is 4.79 Å². The number of allylic oxidation sites excluding steroid dienone is 5. The Morgan fingerprint density at radius 2 is 1.85 bits per heavy atom. The van der Waals surface area contributed by atoms with Crippen LogP contribution in [0.15, 0.2) is 33.5 Å². The summed E-state index contributed by atoms with van der Waals surface area (Å²) in [5.41, 5.74) is 0.709. The maximum Gasteiger partial charge on any atom is 0.336 e. The van der Waals surface area contributed by atoms with E-state index in [1.165, 1.54) is 6.08 Å². The molecule has 1 heterocycles. The van der Waals surface area contributed by atoms with Crippen molar-refractivity contribution in [1.29, 1.82) is 0 Å². The largest absolute Gasteiger partial charge is 0.427 e. The first-order valence-electron chi connectivity index (χ1n) is 3.65. The van der Waals surface area contributed by atoms with Gasteiger partial charge in [0, 0.05) is 6.08 Å². The summed E-state index contributed by atoms with van der Waals surface area (Å²) in [6.07, 6.45) is 2.98. The number of cyclic esters (lactones) is 1.